The SMILES string of the molecule is O=C=CC(NC1CCCCC1)C(=O)O. The zero-order valence-corrected chi connectivity index (χ0v) is 8.03. The van der Waals surface area contributed by atoms with Crippen LogP contribution in [0.2, 0.25) is 0 Å². The minimum atomic E-state index is -1.01. The van der Waals surface area contributed by atoms with E-state index in [2.05, 4.69) is 5.32 Å². The number of carboxylic acid groups (broad SMARTS) is 1. The minimum absolute atomic E-state index is 0.231. The molecule has 2 N–H and O–H groups in total. The van der Waals surface area contributed by atoms with Crippen molar-refractivity contribution in [1.82, 2.24) is 5.32 Å². The van der Waals surface area contributed by atoms with Crippen molar-refractivity contribution in [3.8, 4) is 0 Å². The summed E-state index contributed by atoms with van der Waals surface area (Å²) in [5, 5.41) is 11.7. The molecule has 0 bridgehead atoms. The molecule has 0 spiro atoms. The zero-order chi connectivity index (χ0) is 10.4. The average Bonchev–Trinajstić information content (AvgIpc) is 2.18. The Morgan fingerprint density at radius 1 is 1.43 bits per heavy atom. The Kier molecular flexibility index (Phi) is 4.36. The summed E-state index contributed by atoms with van der Waals surface area (Å²) in [7, 11) is 0. The van der Waals surface area contributed by atoms with Crippen LogP contribution in [0.4, 0.5) is 0 Å². The first-order valence-electron chi connectivity index (χ1n) is 4.94. The van der Waals surface area contributed by atoms with Crippen molar-refractivity contribution >= 4 is 11.9 Å². The van der Waals surface area contributed by atoms with Crippen LogP contribution in [0.5, 0.6) is 0 Å². The highest BCUT2D eigenvalue weighted by Crippen LogP contribution is 2.17. The van der Waals surface area contributed by atoms with Gasteiger partial charge in [-0.2, -0.15) is 0 Å². The first-order chi connectivity index (χ1) is 6.74. The minimum Gasteiger partial charge on any atom is -0.480 e. The van der Waals surface area contributed by atoms with Gasteiger partial charge in [0.25, 0.3) is 0 Å². The fourth-order valence-electron chi connectivity index (χ4n) is 1.78. The molecule has 0 saturated heterocycles. The molecule has 1 aliphatic carbocycles. The molecule has 4 nitrogen and oxygen atoms in total. The second kappa shape index (κ2) is 5.58. The summed E-state index contributed by atoms with van der Waals surface area (Å²) in [6.07, 6.45) is 6.51. The van der Waals surface area contributed by atoms with Gasteiger partial charge in [-0.3, -0.25) is 10.1 Å². The smallest absolute Gasteiger partial charge is 0.325 e. The van der Waals surface area contributed by atoms with E-state index in [0.717, 1.165) is 31.8 Å². The highest BCUT2D eigenvalue weighted by Gasteiger charge is 2.20. The number of carbonyl (C=O) groups excluding carboxylic acids is 1. The Hall–Kier alpha value is -1.12. The highest BCUT2D eigenvalue weighted by atomic mass is 16.4. The maximum absolute atomic E-state index is 10.7. The number of hydrogen-bond acceptors (Lipinski definition) is 3. The first-order valence-corrected chi connectivity index (χ1v) is 4.94. The van der Waals surface area contributed by atoms with Crippen molar-refractivity contribution in [2.24, 2.45) is 0 Å². The van der Waals surface area contributed by atoms with E-state index in [1.54, 1.807) is 0 Å². The van der Waals surface area contributed by atoms with Gasteiger partial charge in [-0.05, 0) is 12.8 Å². The normalized spacial score (nSPS) is 19.7. The third-order valence-corrected chi connectivity index (χ3v) is 2.52. The van der Waals surface area contributed by atoms with E-state index in [9.17, 15) is 9.59 Å². The third-order valence-electron chi connectivity index (χ3n) is 2.52. The van der Waals surface area contributed by atoms with E-state index in [-0.39, 0.29) is 6.04 Å². The van der Waals surface area contributed by atoms with Crippen LogP contribution in [0.15, 0.2) is 6.08 Å². The molecule has 78 valence electrons. The van der Waals surface area contributed by atoms with Gasteiger partial charge in [0.1, 0.15) is 12.0 Å². The molecule has 0 aromatic carbocycles. The Morgan fingerprint density at radius 2 is 2.07 bits per heavy atom. The Labute approximate surface area is 83.0 Å². The van der Waals surface area contributed by atoms with Crippen LogP contribution in [0.1, 0.15) is 32.1 Å². The Balaban J connectivity index is 2.45. The number of rotatable bonds is 4. The second-order valence-electron chi connectivity index (χ2n) is 3.60. The molecule has 4 heteroatoms. The number of carbonyl (C=O) groups is 1. The molecule has 0 amide bonds. The monoisotopic (exact) mass is 197 g/mol. The molecule has 1 fully saturated rings. The van der Waals surface area contributed by atoms with Gasteiger partial charge in [-0.25, -0.2) is 4.79 Å². The van der Waals surface area contributed by atoms with Crippen molar-refractivity contribution in [1.29, 1.82) is 0 Å². The summed E-state index contributed by atoms with van der Waals surface area (Å²) < 4.78 is 0. The molecule has 0 aromatic rings. The summed E-state index contributed by atoms with van der Waals surface area (Å²) in [6.45, 7) is 0. The number of hydrogen-bond donors (Lipinski definition) is 2. The molecule has 1 atom stereocenters. The summed E-state index contributed by atoms with van der Waals surface area (Å²) in [5.74, 6) is 0.505. The number of nitrogens with one attached hydrogen (secondary N) is 1. The van der Waals surface area contributed by atoms with E-state index >= 15 is 0 Å². The second-order valence-corrected chi connectivity index (χ2v) is 3.60. The largest absolute Gasteiger partial charge is 0.480 e. The lowest BCUT2D eigenvalue weighted by Crippen LogP contribution is -2.43. The fourth-order valence-corrected chi connectivity index (χ4v) is 1.78. The lowest BCUT2D eigenvalue weighted by molar-refractivity contribution is -0.138. The average molecular weight is 197 g/mol. The highest BCUT2D eigenvalue weighted by molar-refractivity contribution is 5.78. The van der Waals surface area contributed by atoms with Crippen LogP contribution in [0.3, 0.4) is 0 Å². The van der Waals surface area contributed by atoms with E-state index in [1.807, 2.05) is 0 Å². The topological polar surface area (TPSA) is 66.4 Å². The third kappa shape index (κ3) is 3.32. The van der Waals surface area contributed by atoms with Crippen LogP contribution >= 0.6 is 0 Å². The number of aliphatic carboxylic acids is 1. The molecule has 14 heavy (non-hydrogen) atoms. The van der Waals surface area contributed by atoms with Crippen molar-refractivity contribution in [3.05, 3.63) is 6.08 Å². The first kappa shape index (κ1) is 11.0. The van der Waals surface area contributed by atoms with Crippen molar-refractivity contribution in [3.63, 3.8) is 0 Å². The van der Waals surface area contributed by atoms with Crippen LogP contribution < -0.4 is 5.32 Å². The van der Waals surface area contributed by atoms with Crippen molar-refractivity contribution in [2.45, 2.75) is 44.2 Å². The molecule has 0 radical (unpaired) electrons. The summed E-state index contributed by atoms with van der Waals surface area (Å²) >= 11 is 0. The maximum Gasteiger partial charge on any atom is 0.325 e. The number of carboxylic acids is 1. The quantitative estimate of drug-likeness (QED) is 0.653. The molecule has 0 heterocycles. The molecule has 1 rings (SSSR count). The van der Waals surface area contributed by atoms with Gasteiger partial charge in [-0.1, -0.05) is 19.3 Å². The predicted molar refractivity (Wildman–Crippen MR) is 51.7 cm³/mol. The van der Waals surface area contributed by atoms with Crippen molar-refractivity contribution in [2.75, 3.05) is 0 Å². The summed E-state index contributed by atoms with van der Waals surface area (Å²) in [4.78, 5) is 20.8. The van der Waals surface area contributed by atoms with Gasteiger partial charge in [0.2, 0.25) is 0 Å². The van der Waals surface area contributed by atoms with Crippen LogP contribution in [0.25, 0.3) is 0 Å². The van der Waals surface area contributed by atoms with Crippen molar-refractivity contribution < 1.29 is 14.7 Å². The molecule has 0 aromatic heterocycles. The maximum atomic E-state index is 10.7. The molecule has 0 aliphatic heterocycles. The molecule has 1 aliphatic rings. The predicted octanol–water partition coefficient (Wildman–Crippen LogP) is 0.750. The van der Waals surface area contributed by atoms with Gasteiger partial charge in [0.05, 0.1) is 0 Å². The van der Waals surface area contributed by atoms with E-state index < -0.39 is 12.0 Å². The summed E-state index contributed by atoms with van der Waals surface area (Å²) in [5.41, 5.74) is 0. The van der Waals surface area contributed by atoms with Crippen LogP contribution in [-0.2, 0) is 9.59 Å². The molecule has 1 saturated carbocycles. The van der Waals surface area contributed by atoms with Crippen LogP contribution in [-0.4, -0.2) is 29.1 Å². The summed E-state index contributed by atoms with van der Waals surface area (Å²) in [6, 6.07) is -0.648. The lowest BCUT2D eigenvalue weighted by atomic mass is 9.95. The molecular weight excluding hydrogens is 182 g/mol. The van der Waals surface area contributed by atoms with E-state index in [4.69, 9.17) is 5.11 Å². The van der Waals surface area contributed by atoms with Gasteiger partial charge < -0.3 is 5.11 Å². The van der Waals surface area contributed by atoms with Gasteiger partial charge in [0, 0.05) is 12.1 Å². The van der Waals surface area contributed by atoms with E-state index in [0.29, 0.717) is 0 Å². The fraction of sp³-hybridized carbons (Fsp3) is 0.700. The van der Waals surface area contributed by atoms with Gasteiger partial charge in [-0.15, -0.1) is 0 Å². The zero-order valence-electron chi connectivity index (χ0n) is 8.03. The lowest BCUT2D eigenvalue weighted by Gasteiger charge is -2.24. The Bertz CT molecular complexity index is 238. The molecular formula is C10H15NO3. The van der Waals surface area contributed by atoms with Crippen LogP contribution in [0, 0.1) is 0 Å². The standard InChI is InChI=1S/C10H15NO3/c12-7-6-9(10(13)14)11-8-4-2-1-3-5-8/h6,8-9,11H,1-5H2,(H,13,14). The van der Waals surface area contributed by atoms with E-state index in [1.165, 1.54) is 12.4 Å². The molecule has 1 unspecified atom stereocenters. The Morgan fingerprint density at radius 3 is 2.57 bits per heavy atom. The van der Waals surface area contributed by atoms with Gasteiger partial charge in [0.15, 0.2) is 0 Å². The van der Waals surface area contributed by atoms with Gasteiger partial charge >= 0.3 is 5.97 Å².